The van der Waals surface area contributed by atoms with E-state index in [0.717, 1.165) is 16.7 Å². The number of carbonyl (C=O) groups excluding carboxylic acids is 2. The average Bonchev–Trinajstić information content (AvgIpc) is 2.62. The zero-order chi connectivity index (χ0) is 18.4. The minimum atomic E-state index is -0.385. The molecule has 1 unspecified atom stereocenters. The lowest BCUT2D eigenvalue weighted by molar-refractivity contribution is -0.145. The van der Waals surface area contributed by atoms with E-state index in [9.17, 15) is 9.59 Å². The highest BCUT2D eigenvalue weighted by Gasteiger charge is 2.23. The van der Waals surface area contributed by atoms with Gasteiger partial charge in [0.25, 0.3) is 5.91 Å². The first-order chi connectivity index (χ1) is 11.9. The van der Waals surface area contributed by atoms with Crippen molar-refractivity contribution in [1.82, 2.24) is 4.90 Å². The number of ether oxygens (including phenoxy) is 1. The molecule has 0 saturated carbocycles. The second-order valence-electron chi connectivity index (χ2n) is 6.39. The Morgan fingerprint density at radius 3 is 2.32 bits per heavy atom. The Hall–Kier alpha value is -2.62. The second-order valence-corrected chi connectivity index (χ2v) is 6.39. The third-order valence-electron chi connectivity index (χ3n) is 4.36. The Morgan fingerprint density at radius 2 is 1.72 bits per heavy atom. The summed E-state index contributed by atoms with van der Waals surface area (Å²) in [5.41, 5.74) is 3.88. The van der Waals surface area contributed by atoms with E-state index in [-0.39, 0.29) is 17.8 Å². The molecule has 132 valence electrons. The number of rotatable bonds is 6. The third-order valence-corrected chi connectivity index (χ3v) is 4.36. The van der Waals surface area contributed by atoms with Crippen LogP contribution >= 0.6 is 0 Å². The number of amides is 1. The van der Waals surface area contributed by atoms with Gasteiger partial charge in [-0.15, -0.1) is 0 Å². The van der Waals surface area contributed by atoms with Gasteiger partial charge < -0.3 is 9.64 Å². The minimum absolute atomic E-state index is 0.0808. The Labute approximate surface area is 149 Å². The number of carbonyl (C=O) groups is 2. The van der Waals surface area contributed by atoms with Gasteiger partial charge in [-0.3, -0.25) is 9.59 Å². The van der Waals surface area contributed by atoms with Gasteiger partial charge in [0.1, 0.15) is 0 Å². The topological polar surface area (TPSA) is 46.6 Å². The minimum Gasteiger partial charge on any atom is -0.469 e. The molecular weight excluding hydrogens is 314 g/mol. The quantitative estimate of drug-likeness (QED) is 0.753. The Balaban J connectivity index is 2.27. The lowest BCUT2D eigenvalue weighted by atomic mass is 10.0. The van der Waals surface area contributed by atoms with Crippen molar-refractivity contribution >= 4 is 11.9 Å². The van der Waals surface area contributed by atoms with E-state index < -0.39 is 0 Å². The average molecular weight is 339 g/mol. The van der Waals surface area contributed by atoms with Crippen molar-refractivity contribution in [3.8, 4) is 0 Å². The van der Waals surface area contributed by atoms with Gasteiger partial charge in [0, 0.05) is 18.7 Å². The van der Waals surface area contributed by atoms with Crippen LogP contribution in [0, 0.1) is 19.8 Å². The van der Waals surface area contributed by atoms with Crippen LogP contribution in [0.3, 0.4) is 0 Å². The molecular formula is C21H25NO3. The first kappa shape index (κ1) is 18.7. The standard InChI is InChI=1S/C21H25NO3/c1-15-10-11-19(12-16(15)2)20(23)22(13-17(3)21(24)25-4)14-18-8-6-5-7-9-18/h5-12,17H,13-14H2,1-4H3. The van der Waals surface area contributed by atoms with Crippen molar-refractivity contribution in [3.05, 3.63) is 70.8 Å². The van der Waals surface area contributed by atoms with E-state index in [2.05, 4.69) is 0 Å². The molecule has 0 heterocycles. The summed E-state index contributed by atoms with van der Waals surface area (Å²) in [7, 11) is 1.37. The summed E-state index contributed by atoms with van der Waals surface area (Å²) < 4.78 is 4.81. The lowest BCUT2D eigenvalue weighted by Crippen LogP contribution is -2.37. The molecule has 2 rings (SSSR count). The molecule has 0 N–H and O–H groups in total. The van der Waals surface area contributed by atoms with Crippen LogP contribution in [0.25, 0.3) is 0 Å². The zero-order valence-corrected chi connectivity index (χ0v) is 15.3. The van der Waals surface area contributed by atoms with Gasteiger partial charge >= 0.3 is 5.97 Å². The van der Waals surface area contributed by atoms with Crippen LogP contribution in [0.1, 0.15) is 34.0 Å². The van der Waals surface area contributed by atoms with Crippen LogP contribution in [0.2, 0.25) is 0 Å². The van der Waals surface area contributed by atoms with Gasteiger partial charge in [0.15, 0.2) is 0 Å². The van der Waals surface area contributed by atoms with Gasteiger partial charge in [0.2, 0.25) is 0 Å². The number of esters is 1. The fourth-order valence-corrected chi connectivity index (χ4v) is 2.69. The first-order valence-electron chi connectivity index (χ1n) is 8.40. The van der Waals surface area contributed by atoms with Crippen LogP contribution in [0.15, 0.2) is 48.5 Å². The Bertz CT molecular complexity index is 740. The smallest absolute Gasteiger partial charge is 0.310 e. The number of benzene rings is 2. The van der Waals surface area contributed by atoms with Gasteiger partial charge in [-0.25, -0.2) is 0 Å². The summed E-state index contributed by atoms with van der Waals surface area (Å²) in [5, 5.41) is 0. The molecule has 0 radical (unpaired) electrons. The zero-order valence-electron chi connectivity index (χ0n) is 15.3. The summed E-state index contributed by atoms with van der Waals surface area (Å²) in [5.74, 6) is -0.780. The van der Waals surface area contributed by atoms with Crippen molar-refractivity contribution < 1.29 is 14.3 Å². The summed E-state index contributed by atoms with van der Waals surface area (Å²) >= 11 is 0. The van der Waals surface area contributed by atoms with Crippen LogP contribution in [-0.4, -0.2) is 30.4 Å². The molecule has 2 aromatic carbocycles. The molecule has 0 aliphatic rings. The molecule has 0 aliphatic carbocycles. The lowest BCUT2D eigenvalue weighted by Gasteiger charge is -2.25. The van der Waals surface area contributed by atoms with Crippen molar-refractivity contribution in [3.63, 3.8) is 0 Å². The monoisotopic (exact) mass is 339 g/mol. The number of hydrogen-bond acceptors (Lipinski definition) is 3. The molecule has 0 aliphatic heterocycles. The van der Waals surface area contributed by atoms with Crippen molar-refractivity contribution in [2.75, 3.05) is 13.7 Å². The van der Waals surface area contributed by atoms with Crippen molar-refractivity contribution in [1.29, 1.82) is 0 Å². The summed E-state index contributed by atoms with van der Waals surface area (Å²) in [6.07, 6.45) is 0. The maximum absolute atomic E-state index is 13.0. The molecule has 1 atom stereocenters. The van der Waals surface area contributed by atoms with Crippen LogP contribution in [-0.2, 0) is 16.1 Å². The third kappa shape index (κ3) is 4.92. The predicted molar refractivity (Wildman–Crippen MR) is 98.3 cm³/mol. The van der Waals surface area contributed by atoms with Gasteiger partial charge in [-0.05, 0) is 42.7 Å². The molecule has 25 heavy (non-hydrogen) atoms. The molecule has 0 bridgehead atoms. The summed E-state index contributed by atoms with van der Waals surface area (Å²) in [6.45, 7) is 6.55. The first-order valence-corrected chi connectivity index (χ1v) is 8.40. The Morgan fingerprint density at radius 1 is 1.04 bits per heavy atom. The molecule has 0 saturated heterocycles. The molecule has 1 amide bonds. The highest BCUT2D eigenvalue weighted by molar-refractivity contribution is 5.94. The van der Waals surface area contributed by atoms with Gasteiger partial charge in [-0.1, -0.05) is 43.3 Å². The summed E-state index contributed by atoms with van der Waals surface area (Å²) in [4.78, 5) is 26.5. The molecule has 0 aromatic heterocycles. The Kier molecular flexibility index (Phi) is 6.34. The predicted octanol–water partition coefficient (Wildman–Crippen LogP) is 3.75. The second kappa shape index (κ2) is 8.47. The summed E-state index contributed by atoms with van der Waals surface area (Å²) in [6, 6.07) is 15.5. The highest BCUT2D eigenvalue weighted by atomic mass is 16.5. The molecule has 2 aromatic rings. The van der Waals surface area contributed by atoms with E-state index in [4.69, 9.17) is 4.74 Å². The molecule has 4 heteroatoms. The van der Waals surface area contributed by atoms with Crippen molar-refractivity contribution in [2.45, 2.75) is 27.3 Å². The maximum atomic E-state index is 13.0. The normalized spacial score (nSPS) is 11.7. The van der Waals surface area contributed by atoms with E-state index >= 15 is 0 Å². The number of hydrogen-bond donors (Lipinski definition) is 0. The largest absolute Gasteiger partial charge is 0.469 e. The number of nitrogens with zero attached hydrogens (tertiary/aromatic N) is 1. The SMILES string of the molecule is COC(=O)C(C)CN(Cc1ccccc1)C(=O)c1ccc(C)c(C)c1. The number of methoxy groups -OCH3 is 1. The van der Waals surface area contributed by atoms with E-state index in [0.29, 0.717) is 18.7 Å². The maximum Gasteiger partial charge on any atom is 0.310 e. The fraction of sp³-hybridized carbons (Fsp3) is 0.333. The van der Waals surface area contributed by atoms with Crippen LogP contribution in [0.5, 0.6) is 0 Å². The molecule has 0 spiro atoms. The van der Waals surface area contributed by atoms with E-state index in [1.165, 1.54) is 7.11 Å². The molecule has 4 nitrogen and oxygen atoms in total. The van der Waals surface area contributed by atoms with Crippen LogP contribution in [0.4, 0.5) is 0 Å². The van der Waals surface area contributed by atoms with E-state index in [1.807, 2.05) is 62.4 Å². The molecule has 0 fully saturated rings. The van der Waals surface area contributed by atoms with Crippen molar-refractivity contribution in [2.24, 2.45) is 5.92 Å². The van der Waals surface area contributed by atoms with Crippen LogP contribution < -0.4 is 0 Å². The van der Waals surface area contributed by atoms with Gasteiger partial charge in [0.05, 0.1) is 13.0 Å². The number of aryl methyl sites for hydroxylation is 2. The van der Waals surface area contributed by atoms with E-state index in [1.54, 1.807) is 11.8 Å². The van der Waals surface area contributed by atoms with Gasteiger partial charge in [-0.2, -0.15) is 0 Å². The fourth-order valence-electron chi connectivity index (χ4n) is 2.69. The highest BCUT2D eigenvalue weighted by Crippen LogP contribution is 2.16.